The second-order valence-corrected chi connectivity index (χ2v) is 2.04. The number of carbonyl (C=O) groups is 1. The van der Waals surface area contributed by atoms with Gasteiger partial charge in [0.1, 0.15) is 0 Å². The Morgan fingerprint density at radius 1 is 1.50 bits per heavy atom. The largest absolute Gasteiger partial charge is 0.471 e. The molecule has 0 spiro atoms. The Morgan fingerprint density at radius 3 is 2.33 bits per heavy atom. The van der Waals surface area contributed by atoms with Crippen LogP contribution in [0.2, 0.25) is 0 Å². The number of alkyl halides is 3. The Balaban J connectivity index is 3.73. The van der Waals surface area contributed by atoms with Crippen molar-refractivity contribution in [1.82, 2.24) is 5.32 Å². The van der Waals surface area contributed by atoms with Crippen molar-refractivity contribution in [3.8, 4) is 0 Å². The monoisotopic (exact) mass is 187 g/mol. The van der Waals surface area contributed by atoms with Gasteiger partial charge in [-0.3, -0.25) is 4.79 Å². The molecule has 1 atom stereocenters. The van der Waals surface area contributed by atoms with Gasteiger partial charge >= 0.3 is 12.1 Å². The van der Waals surface area contributed by atoms with E-state index in [9.17, 15) is 18.0 Å². The van der Waals surface area contributed by atoms with Crippen LogP contribution in [0.3, 0.4) is 0 Å². The van der Waals surface area contributed by atoms with Crippen molar-refractivity contribution < 1.29 is 28.2 Å². The van der Waals surface area contributed by atoms with Gasteiger partial charge in [0.2, 0.25) is 0 Å². The van der Waals surface area contributed by atoms with Crippen molar-refractivity contribution in [3.63, 3.8) is 0 Å². The van der Waals surface area contributed by atoms with E-state index in [0.717, 1.165) is 0 Å². The Labute approximate surface area is 66.0 Å². The van der Waals surface area contributed by atoms with E-state index in [4.69, 9.17) is 10.2 Å². The molecule has 0 saturated heterocycles. The summed E-state index contributed by atoms with van der Waals surface area (Å²) >= 11 is 0. The van der Waals surface area contributed by atoms with Gasteiger partial charge in [-0.15, -0.1) is 0 Å². The highest BCUT2D eigenvalue weighted by Crippen LogP contribution is 2.13. The molecule has 0 aromatic rings. The molecule has 0 unspecified atom stereocenters. The summed E-state index contributed by atoms with van der Waals surface area (Å²) in [5.41, 5.74) is 0. The predicted molar refractivity (Wildman–Crippen MR) is 32.2 cm³/mol. The van der Waals surface area contributed by atoms with Crippen LogP contribution in [0.1, 0.15) is 0 Å². The maximum atomic E-state index is 11.4. The molecule has 0 aromatic carbocycles. The summed E-state index contributed by atoms with van der Waals surface area (Å²) in [4.78, 5) is 10.1. The number of halogens is 3. The lowest BCUT2D eigenvalue weighted by Crippen LogP contribution is -2.41. The zero-order valence-corrected chi connectivity index (χ0v) is 5.93. The molecule has 0 heterocycles. The van der Waals surface area contributed by atoms with E-state index in [2.05, 4.69) is 0 Å². The van der Waals surface area contributed by atoms with Crippen molar-refractivity contribution in [1.29, 1.82) is 0 Å². The molecule has 0 rings (SSSR count). The van der Waals surface area contributed by atoms with Gasteiger partial charge in [-0.2, -0.15) is 13.2 Å². The predicted octanol–water partition coefficient (Wildman–Crippen LogP) is -0.982. The van der Waals surface area contributed by atoms with Crippen LogP contribution in [0.25, 0.3) is 0 Å². The Hall–Kier alpha value is -0.820. The van der Waals surface area contributed by atoms with E-state index >= 15 is 0 Å². The van der Waals surface area contributed by atoms with E-state index in [-0.39, 0.29) is 0 Å². The van der Waals surface area contributed by atoms with E-state index < -0.39 is 31.3 Å². The summed E-state index contributed by atoms with van der Waals surface area (Å²) in [6, 6.07) is 0. The second-order valence-electron chi connectivity index (χ2n) is 2.04. The van der Waals surface area contributed by atoms with E-state index in [1.165, 1.54) is 5.32 Å². The quantitative estimate of drug-likeness (QED) is 0.531. The lowest BCUT2D eigenvalue weighted by molar-refractivity contribution is -0.174. The third kappa shape index (κ3) is 4.14. The fraction of sp³-hybridized carbons (Fsp3) is 0.800. The Bertz CT molecular complexity index is 159. The van der Waals surface area contributed by atoms with Crippen LogP contribution in [-0.2, 0) is 4.79 Å². The number of rotatable bonds is 3. The molecule has 3 N–H and O–H groups in total. The number of amides is 1. The maximum absolute atomic E-state index is 11.4. The van der Waals surface area contributed by atoms with Crippen LogP contribution in [0.5, 0.6) is 0 Å². The number of hydrogen-bond acceptors (Lipinski definition) is 3. The summed E-state index contributed by atoms with van der Waals surface area (Å²) in [5.74, 6) is -2.13. The van der Waals surface area contributed by atoms with E-state index in [0.29, 0.717) is 0 Å². The van der Waals surface area contributed by atoms with E-state index in [1.807, 2.05) is 0 Å². The Kier molecular flexibility index (Phi) is 3.98. The molecular formula is C5H8F3NO3. The molecular weight excluding hydrogens is 179 g/mol. The minimum atomic E-state index is -4.95. The average Bonchev–Trinajstić information content (AvgIpc) is 1.97. The van der Waals surface area contributed by atoms with Crippen molar-refractivity contribution in [2.45, 2.75) is 12.3 Å². The number of nitrogens with one attached hydrogen (secondary N) is 1. The first kappa shape index (κ1) is 11.2. The van der Waals surface area contributed by atoms with Crippen LogP contribution in [0.4, 0.5) is 13.2 Å². The summed E-state index contributed by atoms with van der Waals surface area (Å²) in [7, 11) is 0. The van der Waals surface area contributed by atoms with Gasteiger partial charge in [-0.1, -0.05) is 0 Å². The summed E-state index contributed by atoms with van der Waals surface area (Å²) in [6.07, 6.45) is -6.31. The van der Waals surface area contributed by atoms with Gasteiger partial charge < -0.3 is 15.5 Å². The number of aliphatic hydroxyl groups excluding tert-OH is 2. The zero-order valence-electron chi connectivity index (χ0n) is 5.93. The van der Waals surface area contributed by atoms with Crippen molar-refractivity contribution in [3.05, 3.63) is 0 Å². The molecule has 0 aliphatic heterocycles. The van der Waals surface area contributed by atoms with Crippen molar-refractivity contribution >= 4 is 5.91 Å². The molecule has 0 fully saturated rings. The van der Waals surface area contributed by atoms with Gasteiger partial charge in [-0.25, -0.2) is 0 Å². The fourth-order valence-corrected chi connectivity index (χ4v) is 0.375. The third-order valence-electron chi connectivity index (χ3n) is 0.966. The normalized spacial score (nSPS) is 14.1. The molecule has 0 aliphatic rings. The van der Waals surface area contributed by atoms with E-state index in [1.54, 1.807) is 0 Å². The minimum absolute atomic E-state index is 0.616. The second kappa shape index (κ2) is 4.27. The van der Waals surface area contributed by atoms with Crippen molar-refractivity contribution in [2.24, 2.45) is 0 Å². The molecule has 7 heteroatoms. The lowest BCUT2D eigenvalue weighted by atomic mass is 10.4. The summed E-state index contributed by atoms with van der Waals surface area (Å²) in [6.45, 7) is -1.31. The van der Waals surface area contributed by atoms with Crippen LogP contribution in [-0.4, -0.2) is 41.6 Å². The van der Waals surface area contributed by atoms with Crippen LogP contribution < -0.4 is 5.32 Å². The third-order valence-corrected chi connectivity index (χ3v) is 0.966. The van der Waals surface area contributed by atoms with Crippen molar-refractivity contribution in [2.75, 3.05) is 13.2 Å². The molecule has 0 aromatic heterocycles. The molecule has 0 saturated carbocycles. The highest BCUT2D eigenvalue weighted by atomic mass is 19.4. The number of hydrogen-bond donors (Lipinski definition) is 3. The smallest absolute Gasteiger partial charge is 0.394 e. The van der Waals surface area contributed by atoms with Crippen LogP contribution in [0.15, 0.2) is 0 Å². The molecule has 1 amide bonds. The summed E-state index contributed by atoms with van der Waals surface area (Å²) in [5, 5.41) is 18.1. The molecule has 4 nitrogen and oxygen atoms in total. The zero-order chi connectivity index (χ0) is 9.78. The number of carbonyl (C=O) groups excluding carboxylic acids is 1. The van der Waals surface area contributed by atoms with Gasteiger partial charge in [0.05, 0.1) is 12.7 Å². The maximum Gasteiger partial charge on any atom is 0.471 e. The van der Waals surface area contributed by atoms with Gasteiger partial charge in [0, 0.05) is 6.54 Å². The number of aliphatic hydroxyl groups is 2. The molecule has 0 bridgehead atoms. The molecule has 12 heavy (non-hydrogen) atoms. The van der Waals surface area contributed by atoms with Gasteiger partial charge in [0.25, 0.3) is 0 Å². The molecule has 72 valence electrons. The van der Waals surface area contributed by atoms with Crippen LogP contribution >= 0.6 is 0 Å². The highest BCUT2D eigenvalue weighted by molar-refractivity contribution is 5.81. The highest BCUT2D eigenvalue weighted by Gasteiger charge is 2.38. The minimum Gasteiger partial charge on any atom is -0.394 e. The topological polar surface area (TPSA) is 69.6 Å². The average molecular weight is 187 g/mol. The standard InChI is InChI=1S/C5H8F3NO3/c6-5(7,8)4(12)9-1-3(11)2-10/h3,10-11H,1-2H2,(H,9,12)/t3-/m0/s1. The molecule has 0 radical (unpaired) electrons. The lowest BCUT2D eigenvalue weighted by Gasteiger charge is -2.10. The molecule has 0 aliphatic carbocycles. The van der Waals surface area contributed by atoms with Gasteiger partial charge in [-0.05, 0) is 0 Å². The first-order valence-corrected chi connectivity index (χ1v) is 3.02. The first-order chi connectivity index (χ1) is 5.38. The van der Waals surface area contributed by atoms with Crippen LogP contribution in [0, 0.1) is 0 Å². The SMILES string of the molecule is O=C(NC[C@H](O)CO)C(F)(F)F. The Morgan fingerprint density at radius 2 is 2.00 bits per heavy atom. The van der Waals surface area contributed by atoms with Gasteiger partial charge in [0.15, 0.2) is 0 Å². The first-order valence-electron chi connectivity index (χ1n) is 3.02. The summed E-state index contributed by atoms with van der Waals surface area (Å²) < 4.78 is 34.3. The fourth-order valence-electron chi connectivity index (χ4n) is 0.375.